The number of likely N-dealkylation sites (N-methyl/N-ethyl adjacent to an activating group) is 1. The highest BCUT2D eigenvalue weighted by Crippen LogP contribution is 2.36. The quantitative estimate of drug-likeness (QED) is 0.812. The van der Waals surface area contributed by atoms with Gasteiger partial charge in [-0.15, -0.1) is 0 Å². The number of hydrogen-bond acceptors (Lipinski definition) is 4. The Bertz CT molecular complexity index is 705. The third-order valence-electron chi connectivity index (χ3n) is 4.65. The summed E-state index contributed by atoms with van der Waals surface area (Å²) in [4.78, 5) is 21.0. The second kappa shape index (κ2) is 8.12. The van der Waals surface area contributed by atoms with Crippen LogP contribution in [-0.4, -0.2) is 47.9 Å². The zero-order valence-electron chi connectivity index (χ0n) is 14.9. The van der Waals surface area contributed by atoms with Crippen molar-refractivity contribution in [2.75, 3.05) is 27.2 Å². The van der Waals surface area contributed by atoms with Crippen molar-refractivity contribution >= 4 is 5.91 Å². The maximum atomic E-state index is 12.9. The summed E-state index contributed by atoms with van der Waals surface area (Å²) in [6.45, 7) is 1.93. The van der Waals surface area contributed by atoms with E-state index < -0.39 is 0 Å². The van der Waals surface area contributed by atoms with E-state index in [4.69, 9.17) is 4.74 Å². The van der Waals surface area contributed by atoms with E-state index in [1.807, 2.05) is 53.4 Å². The van der Waals surface area contributed by atoms with Gasteiger partial charge in [0.1, 0.15) is 5.75 Å². The van der Waals surface area contributed by atoms with Crippen molar-refractivity contribution in [2.24, 2.45) is 0 Å². The molecule has 1 aliphatic heterocycles. The highest BCUT2D eigenvalue weighted by Gasteiger charge is 2.31. The Morgan fingerprint density at radius 1 is 1.32 bits per heavy atom. The van der Waals surface area contributed by atoms with Crippen molar-refractivity contribution in [3.8, 4) is 5.75 Å². The number of pyridine rings is 1. The Morgan fingerprint density at radius 2 is 2.16 bits per heavy atom. The predicted molar refractivity (Wildman–Crippen MR) is 97.3 cm³/mol. The van der Waals surface area contributed by atoms with E-state index in [0.717, 1.165) is 36.3 Å². The Balaban J connectivity index is 1.66. The summed E-state index contributed by atoms with van der Waals surface area (Å²) in [5.74, 6) is 1.02. The molecule has 25 heavy (non-hydrogen) atoms. The molecule has 5 nitrogen and oxygen atoms in total. The average Bonchev–Trinajstić information content (AvgIpc) is 3.12. The number of benzene rings is 1. The van der Waals surface area contributed by atoms with Crippen molar-refractivity contribution in [1.82, 2.24) is 14.8 Å². The Kier molecular flexibility index (Phi) is 5.66. The van der Waals surface area contributed by atoms with Crippen molar-refractivity contribution in [3.05, 3.63) is 59.9 Å². The van der Waals surface area contributed by atoms with Crippen LogP contribution in [0.1, 0.15) is 30.0 Å². The SMILES string of the molecule is COc1ccccc1C1CCCN1C(=O)CN(C)Cc1cccnc1. The number of aromatic nitrogens is 1. The number of ether oxygens (including phenoxy) is 1. The summed E-state index contributed by atoms with van der Waals surface area (Å²) >= 11 is 0. The van der Waals surface area contributed by atoms with Crippen LogP contribution in [0.25, 0.3) is 0 Å². The maximum absolute atomic E-state index is 12.9. The lowest BCUT2D eigenvalue weighted by atomic mass is 10.0. The number of para-hydroxylation sites is 1. The Hall–Kier alpha value is -2.40. The van der Waals surface area contributed by atoms with E-state index in [1.165, 1.54) is 0 Å². The largest absolute Gasteiger partial charge is 0.496 e. The summed E-state index contributed by atoms with van der Waals surface area (Å²) in [7, 11) is 3.65. The van der Waals surface area contributed by atoms with Gasteiger partial charge in [0.25, 0.3) is 0 Å². The van der Waals surface area contributed by atoms with Crippen LogP contribution in [-0.2, 0) is 11.3 Å². The molecule has 1 aromatic carbocycles. The normalized spacial score (nSPS) is 17.1. The topological polar surface area (TPSA) is 45.7 Å². The number of carbonyl (C=O) groups excluding carboxylic acids is 1. The molecule has 132 valence electrons. The molecule has 1 fully saturated rings. The van der Waals surface area contributed by atoms with E-state index in [9.17, 15) is 4.79 Å². The van der Waals surface area contributed by atoms with Crippen molar-refractivity contribution in [3.63, 3.8) is 0 Å². The predicted octanol–water partition coefficient (Wildman–Crippen LogP) is 2.89. The first-order valence-corrected chi connectivity index (χ1v) is 8.69. The molecule has 2 aromatic rings. The lowest BCUT2D eigenvalue weighted by Gasteiger charge is -2.28. The molecule has 0 radical (unpaired) electrons. The molecule has 0 bridgehead atoms. The molecule has 1 unspecified atom stereocenters. The smallest absolute Gasteiger partial charge is 0.237 e. The fourth-order valence-corrected chi connectivity index (χ4v) is 3.51. The number of hydrogen-bond donors (Lipinski definition) is 0. The van der Waals surface area contributed by atoms with Crippen LogP contribution in [0, 0.1) is 0 Å². The van der Waals surface area contributed by atoms with Gasteiger partial charge in [0.2, 0.25) is 5.91 Å². The van der Waals surface area contributed by atoms with Crippen molar-refractivity contribution in [1.29, 1.82) is 0 Å². The minimum Gasteiger partial charge on any atom is -0.496 e. The average molecular weight is 339 g/mol. The molecule has 0 spiro atoms. The molecular weight excluding hydrogens is 314 g/mol. The van der Waals surface area contributed by atoms with Gasteiger partial charge in [-0.05, 0) is 37.6 Å². The first kappa shape index (κ1) is 17.4. The first-order chi connectivity index (χ1) is 12.2. The number of carbonyl (C=O) groups is 1. The fourth-order valence-electron chi connectivity index (χ4n) is 3.51. The number of methoxy groups -OCH3 is 1. The van der Waals surface area contributed by atoms with Crippen LogP contribution in [0.2, 0.25) is 0 Å². The molecule has 1 atom stereocenters. The van der Waals surface area contributed by atoms with Gasteiger partial charge >= 0.3 is 0 Å². The summed E-state index contributed by atoms with van der Waals surface area (Å²) in [6.07, 6.45) is 5.62. The summed E-state index contributed by atoms with van der Waals surface area (Å²) in [6, 6.07) is 12.1. The van der Waals surface area contributed by atoms with Crippen LogP contribution in [0.15, 0.2) is 48.8 Å². The molecule has 0 aliphatic carbocycles. The molecule has 1 amide bonds. The Labute approximate surface area is 149 Å². The summed E-state index contributed by atoms with van der Waals surface area (Å²) in [5, 5.41) is 0. The van der Waals surface area contributed by atoms with E-state index in [2.05, 4.69) is 11.1 Å². The van der Waals surface area contributed by atoms with Crippen LogP contribution >= 0.6 is 0 Å². The highest BCUT2D eigenvalue weighted by atomic mass is 16.5. The monoisotopic (exact) mass is 339 g/mol. The fraction of sp³-hybridized carbons (Fsp3) is 0.400. The second-order valence-electron chi connectivity index (χ2n) is 6.52. The third kappa shape index (κ3) is 4.17. The van der Waals surface area contributed by atoms with Gasteiger partial charge in [0, 0.05) is 31.0 Å². The molecule has 2 heterocycles. The van der Waals surface area contributed by atoms with E-state index in [0.29, 0.717) is 13.1 Å². The van der Waals surface area contributed by atoms with E-state index in [1.54, 1.807) is 13.3 Å². The molecule has 1 aromatic heterocycles. The molecule has 0 N–H and O–H groups in total. The lowest BCUT2D eigenvalue weighted by molar-refractivity contribution is -0.133. The second-order valence-corrected chi connectivity index (χ2v) is 6.52. The van der Waals surface area contributed by atoms with Gasteiger partial charge in [-0.2, -0.15) is 0 Å². The molecule has 3 rings (SSSR count). The highest BCUT2D eigenvalue weighted by molar-refractivity contribution is 5.79. The number of nitrogens with zero attached hydrogens (tertiary/aromatic N) is 3. The summed E-state index contributed by atoms with van der Waals surface area (Å²) < 4.78 is 5.49. The molecule has 1 saturated heterocycles. The van der Waals surface area contributed by atoms with Gasteiger partial charge in [0.05, 0.1) is 19.7 Å². The van der Waals surface area contributed by atoms with Gasteiger partial charge in [0.15, 0.2) is 0 Å². The van der Waals surface area contributed by atoms with Crippen LogP contribution in [0.4, 0.5) is 0 Å². The van der Waals surface area contributed by atoms with E-state index in [-0.39, 0.29) is 11.9 Å². The minimum atomic E-state index is 0.107. The molecule has 0 saturated carbocycles. The van der Waals surface area contributed by atoms with Gasteiger partial charge in [-0.3, -0.25) is 14.7 Å². The van der Waals surface area contributed by atoms with Gasteiger partial charge < -0.3 is 9.64 Å². The van der Waals surface area contributed by atoms with E-state index >= 15 is 0 Å². The Morgan fingerprint density at radius 3 is 2.92 bits per heavy atom. The van der Waals surface area contributed by atoms with Gasteiger partial charge in [-0.25, -0.2) is 0 Å². The third-order valence-corrected chi connectivity index (χ3v) is 4.65. The lowest BCUT2D eigenvalue weighted by Crippen LogP contribution is -2.38. The first-order valence-electron chi connectivity index (χ1n) is 8.69. The van der Waals surface area contributed by atoms with Crippen molar-refractivity contribution in [2.45, 2.75) is 25.4 Å². The zero-order valence-corrected chi connectivity index (χ0v) is 14.9. The van der Waals surface area contributed by atoms with Crippen molar-refractivity contribution < 1.29 is 9.53 Å². The van der Waals surface area contributed by atoms with Gasteiger partial charge in [-0.1, -0.05) is 24.3 Å². The van der Waals surface area contributed by atoms with Crippen LogP contribution < -0.4 is 4.74 Å². The molecule has 1 aliphatic rings. The zero-order chi connectivity index (χ0) is 17.6. The summed E-state index contributed by atoms with van der Waals surface area (Å²) in [5.41, 5.74) is 2.21. The van der Waals surface area contributed by atoms with Crippen LogP contribution in [0.5, 0.6) is 5.75 Å². The number of rotatable bonds is 6. The standard InChI is InChI=1S/C20H25N3O2/c1-22(14-16-7-5-11-21-13-16)15-20(24)23-12-6-9-18(23)17-8-3-4-10-19(17)25-2/h3-5,7-8,10-11,13,18H,6,9,12,14-15H2,1-2H3. The van der Waals surface area contributed by atoms with Crippen LogP contribution in [0.3, 0.4) is 0 Å². The molecular formula is C20H25N3O2. The number of amides is 1. The number of likely N-dealkylation sites (tertiary alicyclic amines) is 1. The minimum absolute atomic E-state index is 0.107. The maximum Gasteiger partial charge on any atom is 0.237 e. The molecule has 5 heteroatoms.